The highest BCUT2D eigenvalue weighted by molar-refractivity contribution is 5.74. The summed E-state index contributed by atoms with van der Waals surface area (Å²) in [6, 6.07) is -0.234. The van der Waals surface area contributed by atoms with Crippen molar-refractivity contribution in [2.45, 2.75) is 58.5 Å². The predicted octanol–water partition coefficient (Wildman–Crippen LogP) is 1.65. The molecule has 1 aliphatic heterocycles. The van der Waals surface area contributed by atoms with Gasteiger partial charge in [0.1, 0.15) is 5.82 Å². The molecule has 0 aliphatic carbocycles. The van der Waals surface area contributed by atoms with Crippen LogP contribution in [0.1, 0.15) is 63.6 Å². The van der Waals surface area contributed by atoms with Crippen LogP contribution in [0.15, 0.2) is 0 Å². The van der Waals surface area contributed by atoms with E-state index in [2.05, 4.69) is 29.2 Å². The molecule has 2 rings (SSSR count). The molecule has 2 amide bonds. The molecule has 1 atom stereocenters. The molecule has 0 saturated heterocycles. The minimum atomic E-state index is -0.136. The maximum absolute atomic E-state index is 12.4. The van der Waals surface area contributed by atoms with Crippen LogP contribution in [0.3, 0.4) is 0 Å². The molecule has 0 fully saturated rings. The number of aryl methyl sites for hydroxylation is 1. The summed E-state index contributed by atoms with van der Waals surface area (Å²) in [5.74, 6) is 1.96. The first-order valence-electron chi connectivity index (χ1n) is 8.17. The van der Waals surface area contributed by atoms with Crippen LogP contribution in [0, 0.1) is 0 Å². The second-order valence-corrected chi connectivity index (χ2v) is 6.06. The van der Waals surface area contributed by atoms with Gasteiger partial charge in [-0.25, -0.2) is 14.5 Å². The molecular formula is C15H27N5O2. The number of hydrogen-bond donors (Lipinski definition) is 2. The van der Waals surface area contributed by atoms with Crippen molar-refractivity contribution in [3.8, 4) is 0 Å². The lowest BCUT2D eigenvalue weighted by Crippen LogP contribution is -2.44. The fourth-order valence-electron chi connectivity index (χ4n) is 2.70. The maximum atomic E-state index is 12.4. The Balaban J connectivity index is 2.09. The number of nitrogens with zero attached hydrogens (tertiary/aromatic N) is 4. The van der Waals surface area contributed by atoms with Gasteiger partial charge in [-0.1, -0.05) is 20.8 Å². The van der Waals surface area contributed by atoms with Gasteiger partial charge >= 0.3 is 6.03 Å². The third-order valence-corrected chi connectivity index (χ3v) is 3.86. The van der Waals surface area contributed by atoms with E-state index in [0.717, 1.165) is 37.5 Å². The SMILES string of the molecule is CCCN(CCO)C(=O)NC1CCCn2nc(C(C)C)nc21. The first kappa shape index (κ1) is 16.7. The van der Waals surface area contributed by atoms with Gasteiger partial charge in [0.15, 0.2) is 5.82 Å². The Morgan fingerprint density at radius 1 is 1.50 bits per heavy atom. The zero-order valence-corrected chi connectivity index (χ0v) is 13.7. The fraction of sp³-hybridized carbons (Fsp3) is 0.800. The van der Waals surface area contributed by atoms with E-state index in [0.29, 0.717) is 13.1 Å². The standard InChI is InChI=1S/C15H27N5O2/c1-4-7-19(9-10-21)15(22)16-12-6-5-8-20-14(12)17-13(18-20)11(2)3/h11-12,21H,4-10H2,1-3H3,(H,16,22). The Morgan fingerprint density at radius 2 is 2.27 bits per heavy atom. The molecule has 7 heteroatoms. The van der Waals surface area contributed by atoms with E-state index in [9.17, 15) is 4.79 Å². The first-order valence-corrected chi connectivity index (χ1v) is 8.17. The third-order valence-electron chi connectivity index (χ3n) is 3.86. The van der Waals surface area contributed by atoms with Crippen LogP contribution in [-0.2, 0) is 6.54 Å². The molecule has 7 nitrogen and oxygen atoms in total. The molecule has 124 valence electrons. The Bertz CT molecular complexity index is 494. The van der Waals surface area contributed by atoms with Crippen molar-refractivity contribution in [2.75, 3.05) is 19.7 Å². The van der Waals surface area contributed by atoms with Crippen LogP contribution in [0.4, 0.5) is 4.79 Å². The Morgan fingerprint density at radius 3 is 2.91 bits per heavy atom. The molecule has 1 unspecified atom stereocenters. The lowest BCUT2D eigenvalue weighted by Gasteiger charge is -2.27. The molecule has 0 aromatic carbocycles. The second-order valence-electron chi connectivity index (χ2n) is 6.06. The van der Waals surface area contributed by atoms with Gasteiger partial charge in [-0.15, -0.1) is 0 Å². The minimum Gasteiger partial charge on any atom is -0.395 e. The number of carbonyl (C=O) groups is 1. The molecule has 0 spiro atoms. The molecule has 0 saturated carbocycles. The van der Waals surface area contributed by atoms with Crippen molar-refractivity contribution in [1.29, 1.82) is 0 Å². The molecular weight excluding hydrogens is 282 g/mol. The number of aromatic nitrogens is 3. The van der Waals surface area contributed by atoms with Gasteiger partial charge in [0.05, 0.1) is 12.6 Å². The molecule has 2 heterocycles. The summed E-state index contributed by atoms with van der Waals surface area (Å²) in [7, 11) is 0. The smallest absolute Gasteiger partial charge is 0.318 e. The maximum Gasteiger partial charge on any atom is 0.318 e. The van der Waals surface area contributed by atoms with Crippen molar-refractivity contribution in [3.05, 3.63) is 11.6 Å². The van der Waals surface area contributed by atoms with Crippen molar-refractivity contribution >= 4 is 6.03 Å². The van der Waals surface area contributed by atoms with Gasteiger partial charge in [0.25, 0.3) is 0 Å². The molecule has 22 heavy (non-hydrogen) atoms. The number of aliphatic hydroxyl groups is 1. The average molecular weight is 309 g/mol. The van der Waals surface area contributed by atoms with E-state index in [1.807, 2.05) is 11.6 Å². The van der Waals surface area contributed by atoms with Crippen molar-refractivity contribution in [2.24, 2.45) is 0 Å². The van der Waals surface area contributed by atoms with Crippen molar-refractivity contribution in [1.82, 2.24) is 25.0 Å². The monoisotopic (exact) mass is 309 g/mol. The Labute approximate surface area is 131 Å². The molecule has 1 aromatic rings. The van der Waals surface area contributed by atoms with Crippen molar-refractivity contribution < 1.29 is 9.90 Å². The van der Waals surface area contributed by atoms with E-state index in [-0.39, 0.29) is 24.6 Å². The number of hydrogen-bond acceptors (Lipinski definition) is 4. The lowest BCUT2D eigenvalue weighted by atomic mass is 10.1. The van der Waals surface area contributed by atoms with Crippen LogP contribution >= 0.6 is 0 Å². The Hall–Kier alpha value is -1.63. The summed E-state index contributed by atoms with van der Waals surface area (Å²) in [6.07, 6.45) is 2.72. The summed E-state index contributed by atoms with van der Waals surface area (Å²) < 4.78 is 1.92. The van der Waals surface area contributed by atoms with Crippen LogP contribution < -0.4 is 5.32 Å². The average Bonchev–Trinajstić information content (AvgIpc) is 2.92. The summed E-state index contributed by atoms with van der Waals surface area (Å²) in [5, 5.41) is 16.7. The summed E-state index contributed by atoms with van der Waals surface area (Å²) in [6.45, 7) is 7.99. The molecule has 0 bridgehead atoms. The number of carbonyl (C=O) groups excluding carboxylic acids is 1. The van der Waals surface area contributed by atoms with E-state index in [4.69, 9.17) is 5.11 Å². The number of nitrogens with one attached hydrogen (secondary N) is 1. The number of fused-ring (bicyclic) bond motifs is 1. The minimum absolute atomic E-state index is 0.0221. The first-order chi connectivity index (χ1) is 10.6. The zero-order valence-electron chi connectivity index (χ0n) is 13.7. The fourth-order valence-corrected chi connectivity index (χ4v) is 2.70. The van der Waals surface area contributed by atoms with Gasteiger partial charge < -0.3 is 15.3 Å². The van der Waals surface area contributed by atoms with E-state index in [1.165, 1.54) is 0 Å². The summed E-state index contributed by atoms with van der Waals surface area (Å²) in [5.41, 5.74) is 0. The molecule has 1 aliphatic rings. The highest BCUT2D eigenvalue weighted by Crippen LogP contribution is 2.25. The Kier molecular flexibility index (Phi) is 5.76. The van der Waals surface area contributed by atoms with Crippen LogP contribution in [0.2, 0.25) is 0 Å². The quantitative estimate of drug-likeness (QED) is 0.837. The van der Waals surface area contributed by atoms with E-state index in [1.54, 1.807) is 4.90 Å². The molecule has 0 radical (unpaired) electrons. The van der Waals surface area contributed by atoms with Gasteiger partial charge in [-0.05, 0) is 19.3 Å². The topological polar surface area (TPSA) is 83.3 Å². The van der Waals surface area contributed by atoms with Crippen LogP contribution in [0.5, 0.6) is 0 Å². The molecule has 1 aromatic heterocycles. The summed E-state index contributed by atoms with van der Waals surface area (Å²) in [4.78, 5) is 18.6. The summed E-state index contributed by atoms with van der Waals surface area (Å²) >= 11 is 0. The number of urea groups is 1. The van der Waals surface area contributed by atoms with Gasteiger partial charge in [-0.3, -0.25) is 0 Å². The predicted molar refractivity (Wildman–Crippen MR) is 83.6 cm³/mol. The number of rotatable bonds is 6. The number of aliphatic hydroxyl groups excluding tert-OH is 1. The van der Waals surface area contributed by atoms with Gasteiger partial charge in [0, 0.05) is 25.6 Å². The molecule has 2 N–H and O–H groups in total. The number of amides is 2. The normalized spacial score (nSPS) is 17.4. The lowest BCUT2D eigenvalue weighted by molar-refractivity contribution is 0.171. The highest BCUT2D eigenvalue weighted by Gasteiger charge is 2.27. The third kappa shape index (κ3) is 3.76. The van der Waals surface area contributed by atoms with E-state index < -0.39 is 0 Å². The van der Waals surface area contributed by atoms with Gasteiger partial charge in [0.2, 0.25) is 0 Å². The van der Waals surface area contributed by atoms with Crippen LogP contribution in [0.25, 0.3) is 0 Å². The van der Waals surface area contributed by atoms with Gasteiger partial charge in [-0.2, -0.15) is 5.10 Å². The second kappa shape index (κ2) is 7.58. The largest absolute Gasteiger partial charge is 0.395 e. The van der Waals surface area contributed by atoms with Crippen LogP contribution in [-0.4, -0.2) is 50.5 Å². The van der Waals surface area contributed by atoms with Crippen molar-refractivity contribution in [3.63, 3.8) is 0 Å². The highest BCUT2D eigenvalue weighted by atomic mass is 16.3. The van der Waals surface area contributed by atoms with E-state index >= 15 is 0 Å². The zero-order chi connectivity index (χ0) is 16.1.